The molecule has 4 heteroatoms. The van der Waals surface area contributed by atoms with Gasteiger partial charge in [0.1, 0.15) is 5.69 Å². The summed E-state index contributed by atoms with van der Waals surface area (Å²) < 4.78 is 1.78. The third-order valence-electron chi connectivity index (χ3n) is 3.80. The first-order valence-corrected chi connectivity index (χ1v) is 6.60. The molecule has 1 aliphatic carbocycles. The summed E-state index contributed by atoms with van der Waals surface area (Å²) in [5.74, 6) is -0.0168. The van der Waals surface area contributed by atoms with Gasteiger partial charge in [0.25, 0.3) is 5.91 Å². The van der Waals surface area contributed by atoms with Crippen LogP contribution in [0.1, 0.15) is 50.0 Å². The van der Waals surface area contributed by atoms with Crippen LogP contribution in [0.3, 0.4) is 0 Å². The largest absolute Gasteiger partial charge is 0.397 e. The topological polar surface area (TPSA) is 60.0 Å². The van der Waals surface area contributed by atoms with Crippen LogP contribution in [0.15, 0.2) is 12.3 Å². The van der Waals surface area contributed by atoms with Gasteiger partial charge in [-0.15, -0.1) is 0 Å². The highest BCUT2D eigenvalue weighted by Gasteiger charge is 2.29. The molecule has 2 rings (SSSR count). The number of rotatable bonds is 2. The van der Waals surface area contributed by atoms with Crippen molar-refractivity contribution in [1.29, 1.82) is 0 Å². The lowest BCUT2D eigenvalue weighted by Crippen LogP contribution is -2.41. The van der Waals surface area contributed by atoms with Crippen molar-refractivity contribution in [3.63, 3.8) is 0 Å². The number of nitrogens with two attached hydrogens (primary N) is 1. The van der Waals surface area contributed by atoms with Crippen LogP contribution in [-0.2, 0) is 7.05 Å². The zero-order chi connectivity index (χ0) is 13.3. The van der Waals surface area contributed by atoms with E-state index < -0.39 is 0 Å². The fourth-order valence-corrected chi connectivity index (χ4v) is 2.90. The molecule has 0 aromatic carbocycles. The van der Waals surface area contributed by atoms with Crippen LogP contribution < -0.4 is 11.1 Å². The summed E-state index contributed by atoms with van der Waals surface area (Å²) in [5, 5.41) is 3.13. The average molecular weight is 249 g/mol. The van der Waals surface area contributed by atoms with E-state index in [1.807, 2.05) is 7.05 Å². The zero-order valence-corrected chi connectivity index (χ0v) is 11.5. The molecular weight excluding hydrogens is 226 g/mol. The van der Waals surface area contributed by atoms with Crippen LogP contribution in [0.25, 0.3) is 0 Å². The lowest BCUT2D eigenvalue weighted by atomic mass is 9.75. The van der Waals surface area contributed by atoms with E-state index in [4.69, 9.17) is 5.73 Å². The molecule has 100 valence electrons. The van der Waals surface area contributed by atoms with Crippen molar-refractivity contribution >= 4 is 11.6 Å². The van der Waals surface area contributed by atoms with Gasteiger partial charge in [0.05, 0.1) is 5.69 Å². The molecule has 3 N–H and O–H groups in total. The summed E-state index contributed by atoms with van der Waals surface area (Å²) in [6.45, 7) is 4.54. The SMILES string of the molecule is Cn1cc(N)cc1C(=O)NC1CCCC(C)(C)C1. The van der Waals surface area contributed by atoms with Gasteiger partial charge in [-0.05, 0) is 30.7 Å². The van der Waals surface area contributed by atoms with E-state index in [2.05, 4.69) is 19.2 Å². The van der Waals surface area contributed by atoms with E-state index >= 15 is 0 Å². The van der Waals surface area contributed by atoms with Gasteiger partial charge >= 0.3 is 0 Å². The highest BCUT2D eigenvalue weighted by Crippen LogP contribution is 2.35. The van der Waals surface area contributed by atoms with Crippen LogP contribution >= 0.6 is 0 Å². The second kappa shape index (κ2) is 4.67. The molecule has 1 atom stereocenters. The van der Waals surface area contributed by atoms with E-state index in [0.29, 0.717) is 16.8 Å². The average Bonchev–Trinajstić information content (AvgIpc) is 2.56. The van der Waals surface area contributed by atoms with Crippen molar-refractivity contribution in [3.8, 4) is 0 Å². The van der Waals surface area contributed by atoms with Crippen LogP contribution in [0.4, 0.5) is 5.69 Å². The molecule has 1 amide bonds. The molecule has 1 saturated carbocycles. The monoisotopic (exact) mass is 249 g/mol. The van der Waals surface area contributed by atoms with Gasteiger partial charge < -0.3 is 15.6 Å². The zero-order valence-electron chi connectivity index (χ0n) is 11.5. The first-order valence-electron chi connectivity index (χ1n) is 6.60. The minimum Gasteiger partial charge on any atom is -0.397 e. The third kappa shape index (κ3) is 2.86. The Morgan fingerprint density at radius 3 is 2.83 bits per heavy atom. The van der Waals surface area contributed by atoms with E-state index in [1.165, 1.54) is 12.8 Å². The van der Waals surface area contributed by atoms with Crippen LogP contribution in [-0.4, -0.2) is 16.5 Å². The molecule has 1 fully saturated rings. The van der Waals surface area contributed by atoms with E-state index in [1.54, 1.807) is 16.8 Å². The van der Waals surface area contributed by atoms with Gasteiger partial charge in [-0.2, -0.15) is 0 Å². The molecule has 1 aromatic heterocycles. The number of amides is 1. The Morgan fingerprint density at radius 2 is 2.28 bits per heavy atom. The number of carbonyl (C=O) groups is 1. The second-order valence-corrected chi connectivity index (χ2v) is 6.20. The number of anilines is 1. The summed E-state index contributed by atoms with van der Waals surface area (Å²) in [6.07, 6.45) is 6.33. The first-order chi connectivity index (χ1) is 8.37. The minimum atomic E-state index is -0.0168. The molecule has 1 unspecified atom stereocenters. The van der Waals surface area contributed by atoms with Crippen molar-refractivity contribution in [1.82, 2.24) is 9.88 Å². The predicted molar refractivity (Wildman–Crippen MR) is 73.3 cm³/mol. The summed E-state index contributed by atoms with van der Waals surface area (Å²) in [6, 6.07) is 2.01. The Kier molecular flexibility index (Phi) is 3.37. The number of hydrogen-bond donors (Lipinski definition) is 2. The molecular formula is C14H23N3O. The molecule has 18 heavy (non-hydrogen) atoms. The number of aromatic nitrogens is 1. The van der Waals surface area contributed by atoms with Crippen molar-refractivity contribution in [2.75, 3.05) is 5.73 Å². The Balaban J connectivity index is 2.01. The molecule has 0 bridgehead atoms. The van der Waals surface area contributed by atoms with Gasteiger partial charge in [-0.1, -0.05) is 20.3 Å². The van der Waals surface area contributed by atoms with Crippen molar-refractivity contribution in [2.45, 2.75) is 45.6 Å². The Bertz CT molecular complexity index is 448. The predicted octanol–water partition coefficient (Wildman–Crippen LogP) is 2.31. The summed E-state index contributed by atoms with van der Waals surface area (Å²) in [7, 11) is 1.84. The van der Waals surface area contributed by atoms with Crippen molar-refractivity contribution in [3.05, 3.63) is 18.0 Å². The van der Waals surface area contributed by atoms with E-state index in [9.17, 15) is 4.79 Å². The molecule has 1 aliphatic rings. The maximum atomic E-state index is 12.2. The number of nitrogens with one attached hydrogen (secondary N) is 1. The number of nitrogen functional groups attached to an aromatic ring is 1. The fraction of sp³-hybridized carbons (Fsp3) is 0.643. The molecule has 1 heterocycles. The van der Waals surface area contributed by atoms with Gasteiger partial charge in [0.2, 0.25) is 0 Å². The van der Waals surface area contributed by atoms with Crippen molar-refractivity contribution in [2.24, 2.45) is 12.5 Å². The van der Waals surface area contributed by atoms with Crippen LogP contribution in [0.5, 0.6) is 0 Å². The number of carbonyl (C=O) groups excluding carboxylic acids is 1. The van der Waals surface area contributed by atoms with Crippen LogP contribution in [0.2, 0.25) is 0 Å². The molecule has 0 aliphatic heterocycles. The van der Waals surface area contributed by atoms with Gasteiger partial charge in [-0.25, -0.2) is 0 Å². The highest BCUT2D eigenvalue weighted by molar-refractivity contribution is 5.93. The Hall–Kier alpha value is -1.45. The first kappa shape index (κ1) is 13.0. The highest BCUT2D eigenvalue weighted by atomic mass is 16.2. The summed E-state index contributed by atoms with van der Waals surface area (Å²) >= 11 is 0. The third-order valence-corrected chi connectivity index (χ3v) is 3.80. The number of nitrogens with zero attached hydrogens (tertiary/aromatic N) is 1. The molecule has 4 nitrogen and oxygen atoms in total. The maximum absolute atomic E-state index is 12.2. The number of aryl methyl sites for hydroxylation is 1. The standard InChI is InChI=1S/C14H23N3O/c1-14(2)6-4-5-11(8-14)16-13(18)12-7-10(15)9-17(12)3/h7,9,11H,4-6,8,15H2,1-3H3,(H,16,18). The normalized spacial score (nSPS) is 22.7. The van der Waals surface area contributed by atoms with E-state index in [-0.39, 0.29) is 11.9 Å². The maximum Gasteiger partial charge on any atom is 0.268 e. The van der Waals surface area contributed by atoms with Gasteiger partial charge in [-0.3, -0.25) is 4.79 Å². The fourth-order valence-electron chi connectivity index (χ4n) is 2.90. The van der Waals surface area contributed by atoms with E-state index in [0.717, 1.165) is 12.8 Å². The van der Waals surface area contributed by atoms with Gasteiger partial charge in [0, 0.05) is 19.3 Å². The lowest BCUT2D eigenvalue weighted by molar-refractivity contribution is 0.0894. The quantitative estimate of drug-likeness (QED) is 0.845. The number of hydrogen-bond acceptors (Lipinski definition) is 2. The minimum absolute atomic E-state index is 0.0168. The smallest absolute Gasteiger partial charge is 0.268 e. The summed E-state index contributed by atoms with van der Waals surface area (Å²) in [4.78, 5) is 12.2. The van der Waals surface area contributed by atoms with Crippen LogP contribution in [0, 0.1) is 5.41 Å². The molecule has 1 aromatic rings. The molecule has 0 spiro atoms. The second-order valence-electron chi connectivity index (χ2n) is 6.20. The molecule has 0 radical (unpaired) electrons. The Labute approximate surface area is 109 Å². The van der Waals surface area contributed by atoms with Gasteiger partial charge in [0.15, 0.2) is 0 Å². The lowest BCUT2D eigenvalue weighted by Gasteiger charge is -2.35. The van der Waals surface area contributed by atoms with Crippen molar-refractivity contribution < 1.29 is 4.79 Å². The summed E-state index contributed by atoms with van der Waals surface area (Å²) in [5.41, 5.74) is 7.30. The Morgan fingerprint density at radius 1 is 1.56 bits per heavy atom. The molecule has 0 saturated heterocycles.